The number of carbonyl (C=O) groups excluding carboxylic acids is 1. The van der Waals surface area contributed by atoms with Crippen LogP contribution >= 0.6 is 34.5 Å². The molecule has 0 radical (unpaired) electrons. The van der Waals surface area contributed by atoms with Gasteiger partial charge in [-0.25, -0.2) is 0 Å². The summed E-state index contributed by atoms with van der Waals surface area (Å²) in [5.41, 5.74) is 1.50. The van der Waals surface area contributed by atoms with E-state index in [0.717, 1.165) is 11.3 Å². The third kappa shape index (κ3) is 3.45. The number of carbonyl (C=O) groups is 1. The van der Waals surface area contributed by atoms with Gasteiger partial charge < -0.3 is 10.1 Å². The Bertz CT molecular complexity index is 613. The maximum absolute atomic E-state index is 12.1. The van der Waals surface area contributed by atoms with Crippen molar-refractivity contribution in [1.82, 2.24) is 0 Å². The van der Waals surface area contributed by atoms with Crippen molar-refractivity contribution in [1.29, 1.82) is 0 Å². The van der Waals surface area contributed by atoms with Crippen LogP contribution in [0, 0.1) is 0 Å². The number of ether oxygens (including phenoxy) is 1. The van der Waals surface area contributed by atoms with E-state index in [1.165, 1.54) is 11.3 Å². The van der Waals surface area contributed by atoms with Gasteiger partial charge in [0.25, 0.3) is 5.91 Å². The van der Waals surface area contributed by atoms with E-state index in [4.69, 9.17) is 27.9 Å². The fraction of sp³-hybridized carbons (Fsp3) is 0.214. The molecular formula is C14H13Cl2NO2S. The lowest BCUT2D eigenvalue weighted by Crippen LogP contribution is -2.11. The quantitative estimate of drug-likeness (QED) is 0.801. The number of benzene rings is 1. The molecule has 106 valence electrons. The van der Waals surface area contributed by atoms with E-state index in [1.54, 1.807) is 29.6 Å². The molecular weight excluding hydrogens is 317 g/mol. The molecule has 0 spiro atoms. The highest BCUT2D eigenvalue weighted by Gasteiger charge is 2.13. The highest BCUT2D eigenvalue weighted by Crippen LogP contribution is 2.27. The average molecular weight is 330 g/mol. The summed E-state index contributed by atoms with van der Waals surface area (Å²) in [4.78, 5) is 12.6. The summed E-state index contributed by atoms with van der Waals surface area (Å²) in [6.07, 6.45) is 0. The van der Waals surface area contributed by atoms with Gasteiger partial charge in [0.05, 0.1) is 17.5 Å². The minimum atomic E-state index is -0.227. The molecule has 0 bridgehead atoms. The summed E-state index contributed by atoms with van der Waals surface area (Å²) in [6.45, 7) is 2.48. The van der Waals surface area contributed by atoms with Crippen molar-refractivity contribution in [2.75, 3.05) is 11.9 Å². The lowest BCUT2D eigenvalue weighted by atomic mass is 10.2. The number of alkyl halides is 1. The molecule has 2 aromatic rings. The third-order valence-electron chi connectivity index (χ3n) is 2.59. The summed E-state index contributed by atoms with van der Waals surface area (Å²) in [5.74, 6) is 0.822. The zero-order valence-corrected chi connectivity index (χ0v) is 13.1. The molecule has 1 amide bonds. The number of anilines is 1. The first-order valence-electron chi connectivity index (χ1n) is 6.01. The molecule has 20 heavy (non-hydrogen) atoms. The molecule has 0 aliphatic carbocycles. The summed E-state index contributed by atoms with van der Waals surface area (Å²) in [7, 11) is 0. The van der Waals surface area contributed by atoms with Crippen LogP contribution < -0.4 is 10.1 Å². The van der Waals surface area contributed by atoms with Gasteiger partial charge in [-0.15, -0.1) is 22.9 Å². The lowest BCUT2D eigenvalue weighted by molar-refractivity contribution is 0.103. The average Bonchev–Trinajstić information content (AvgIpc) is 2.87. The summed E-state index contributed by atoms with van der Waals surface area (Å²) in [6, 6.07) is 7.08. The first-order chi connectivity index (χ1) is 9.65. The van der Waals surface area contributed by atoms with Gasteiger partial charge in [0, 0.05) is 11.3 Å². The second-order valence-electron chi connectivity index (χ2n) is 3.94. The largest absolute Gasteiger partial charge is 0.494 e. The van der Waals surface area contributed by atoms with Gasteiger partial charge in [-0.05, 0) is 36.6 Å². The van der Waals surface area contributed by atoms with Crippen LogP contribution in [0.5, 0.6) is 5.75 Å². The van der Waals surface area contributed by atoms with Gasteiger partial charge in [0.15, 0.2) is 0 Å². The van der Waals surface area contributed by atoms with Gasteiger partial charge in [-0.3, -0.25) is 4.79 Å². The van der Waals surface area contributed by atoms with E-state index in [0.29, 0.717) is 28.1 Å². The minimum Gasteiger partial charge on any atom is -0.494 e. The van der Waals surface area contributed by atoms with Crippen LogP contribution in [0.4, 0.5) is 5.69 Å². The Morgan fingerprint density at radius 3 is 2.80 bits per heavy atom. The second kappa shape index (κ2) is 6.97. The van der Waals surface area contributed by atoms with Crippen molar-refractivity contribution in [2.45, 2.75) is 12.8 Å². The Morgan fingerprint density at radius 1 is 1.40 bits per heavy atom. The number of halogens is 2. The number of nitrogens with one attached hydrogen (secondary N) is 1. The van der Waals surface area contributed by atoms with Gasteiger partial charge >= 0.3 is 0 Å². The lowest BCUT2D eigenvalue weighted by Gasteiger charge is -2.11. The Kier molecular flexibility index (Phi) is 5.29. The highest BCUT2D eigenvalue weighted by molar-refractivity contribution is 7.12. The van der Waals surface area contributed by atoms with Crippen LogP contribution in [0.25, 0.3) is 0 Å². The van der Waals surface area contributed by atoms with Crippen molar-refractivity contribution in [3.63, 3.8) is 0 Å². The van der Waals surface area contributed by atoms with Gasteiger partial charge in [0.1, 0.15) is 10.6 Å². The molecule has 0 unspecified atom stereocenters. The van der Waals surface area contributed by atoms with E-state index < -0.39 is 0 Å². The van der Waals surface area contributed by atoms with Crippen LogP contribution in [-0.2, 0) is 5.88 Å². The smallest absolute Gasteiger partial charge is 0.267 e. The number of thiophene rings is 1. The highest BCUT2D eigenvalue weighted by atomic mass is 35.5. The van der Waals surface area contributed by atoms with Crippen LogP contribution in [-0.4, -0.2) is 12.5 Å². The summed E-state index contributed by atoms with van der Waals surface area (Å²) < 4.78 is 5.46. The molecule has 0 saturated carbocycles. The molecule has 3 nitrogen and oxygen atoms in total. The van der Waals surface area contributed by atoms with Crippen molar-refractivity contribution >= 4 is 46.1 Å². The third-order valence-corrected chi connectivity index (χ3v) is 4.21. The minimum absolute atomic E-state index is 0.227. The van der Waals surface area contributed by atoms with E-state index in [1.807, 2.05) is 6.92 Å². The van der Waals surface area contributed by atoms with E-state index in [2.05, 4.69) is 5.32 Å². The number of hydrogen-bond donors (Lipinski definition) is 1. The molecule has 6 heteroatoms. The van der Waals surface area contributed by atoms with E-state index in [9.17, 15) is 4.79 Å². The zero-order chi connectivity index (χ0) is 14.5. The fourth-order valence-corrected chi connectivity index (χ4v) is 2.95. The first kappa shape index (κ1) is 15.2. The first-order valence-corrected chi connectivity index (χ1v) is 7.81. The maximum atomic E-state index is 12.1. The predicted octanol–water partition coefficient (Wildman–Crippen LogP) is 4.79. The maximum Gasteiger partial charge on any atom is 0.267 e. The molecule has 2 rings (SSSR count). The normalized spacial score (nSPS) is 10.3. The monoisotopic (exact) mass is 329 g/mol. The van der Waals surface area contributed by atoms with Crippen molar-refractivity contribution in [3.05, 3.63) is 45.1 Å². The van der Waals surface area contributed by atoms with Crippen LogP contribution in [0.1, 0.15) is 22.2 Å². The van der Waals surface area contributed by atoms with Crippen molar-refractivity contribution in [2.24, 2.45) is 0 Å². The van der Waals surface area contributed by atoms with E-state index in [-0.39, 0.29) is 5.91 Å². The standard InChI is InChI=1S/C14H13Cl2NO2S/c1-2-19-12-4-3-10(7-9(12)8-15)17-14(18)13-11(16)5-6-20-13/h3-7H,2,8H2,1H3,(H,17,18). The second-order valence-corrected chi connectivity index (χ2v) is 5.53. The van der Waals surface area contributed by atoms with Crippen LogP contribution in [0.15, 0.2) is 29.6 Å². The molecule has 1 heterocycles. The van der Waals surface area contributed by atoms with Gasteiger partial charge in [-0.1, -0.05) is 11.6 Å². The SMILES string of the molecule is CCOc1ccc(NC(=O)c2sccc2Cl)cc1CCl. The zero-order valence-electron chi connectivity index (χ0n) is 10.8. The molecule has 0 saturated heterocycles. The summed E-state index contributed by atoms with van der Waals surface area (Å²) in [5, 5.41) is 5.03. The number of hydrogen-bond acceptors (Lipinski definition) is 3. The Labute approximate surface area is 131 Å². The molecule has 1 aromatic carbocycles. The van der Waals surface area contributed by atoms with Gasteiger partial charge in [0.2, 0.25) is 0 Å². The number of amides is 1. The predicted molar refractivity (Wildman–Crippen MR) is 84.5 cm³/mol. The Balaban J connectivity index is 2.18. The van der Waals surface area contributed by atoms with Gasteiger partial charge in [-0.2, -0.15) is 0 Å². The molecule has 1 N–H and O–H groups in total. The number of rotatable bonds is 5. The topological polar surface area (TPSA) is 38.3 Å². The Morgan fingerprint density at radius 2 is 2.20 bits per heavy atom. The molecule has 0 aliphatic rings. The summed E-state index contributed by atoms with van der Waals surface area (Å²) >= 11 is 13.1. The molecule has 0 fully saturated rings. The molecule has 0 atom stereocenters. The fourth-order valence-electron chi connectivity index (χ4n) is 1.70. The van der Waals surface area contributed by atoms with Crippen molar-refractivity contribution in [3.8, 4) is 5.75 Å². The van der Waals surface area contributed by atoms with Crippen molar-refractivity contribution < 1.29 is 9.53 Å². The van der Waals surface area contributed by atoms with E-state index >= 15 is 0 Å². The van der Waals surface area contributed by atoms with Crippen LogP contribution in [0.3, 0.4) is 0 Å². The molecule has 1 aromatic heterocycles. The molecule has 0 aliphatic heterocycles. The Hall–Kier alpha value is -1.23. The van der Waals surface area contributed by atoms with Crippen LogP contribution in [0.2, 0.25) is 5.02 Å².